The Balaban J connectivity index is 0.00000338. The molecule has 0 aliphatic carbocycles. The molecule has 1 unspecified atom stereocenters. The summed E-state index contributed by atoms with van der Waals surface area (Å²) in [5.41, 5.74) is 1.10. The molecule has 6 nitrogen and oxygen atoms in total. The molecule has 1 aliphatic rings. The average Bonchev–Trinajstić information content (AvgIpc) is 3.03. The second-order valence-electron chi connectivity index (χ2n) is 7.01. The topological polar surface area (TPSA) is 58.1 Å². The van der Waals surface area contributed by atoms with E-state index in [4.69, 9.17) is 14.5 Å². The number of likely N-dealkylation sites (N-methyl/N-ethyl adjacent to an activating group) is 1. The second-order valence-corrected chi connectivity index (χ2v) is 7.01. The number of guanidine groups is 1. The van der Waals surface area contributed by atoms with Crippen molar-refractivity contribution >= 4 is 29.9 Å². The number of hydrogen-bond donors (Lipinski definition) is 2. The normalized spacial score (nSPS) is 14.3. The zero-order valence-corrected chi connectivity index (χ0v) is 18.9. The summed E-state index contributed by atoms with van der Waals surface area (Å²) < 4.78 is 10.8. The van der Waals surface area contributed by atoms with Gasteiger partial charge < -0.3 is 25.0 Å². The van der Waals surface area contributed by atoms with Crippen LogP contribution in [-0.4, -0.2) is 50.9 Å². The predicted octanol–water partition coefficient (Wildman–Crippen LogP) is 3.06. The molecule has 1 atom stereocenters. The van der Waals surface area contributed by atoms with E-state index in [0.29, 0.717) is 25.3 Å². The Morgan fingerprint density at radius 1 is 1.19 bits per heavy atom. The van der Waals surface area contributed by atoms with Crippen LogP contribution in [0.5, 0.6) is 11.5 Å². The number of ether oxygens (including phenoxy) is 2. The van der Waals surface area contributed by atoms with Crippen LogP contribution in [0.2, 0.25) is 0 Å². The van der Waals surface area contributed by atoms with E-state index in [1.54, 1.807) is 0 Å². The van der Waals surface area contributed by atoms with Crippen LogP contribution in [0, 0.1) is 5.92 Å². The summed E-state index contributed by atoms with van der Waals surface area (Å²) >= 11 is 0. The number of halogens is 1. The lowest BCUT2D eigenvalue weighted by Crippen LogP contribution is -2.45. The molecule has 0 spiro atoms. The van der Waals surface area contributed by atoms with E-state index in [2.05, 4.69) is 50.4 Å². The van der Waals surface area contributed by atoms with E-state index in [0.717, 1.165) is 42.5 Å². The highest BCUT2D eigenvalue weighted by molar-refractivity contribution is 14.0. The number of hydrogen-bond acceptors (Lipinski definition) is 4. The summed E-state index contributed by atoms with van der Waals surface area (Å²) in [4.78, 5) is 6.97. The molecule has 1 aromatic carbocycles. The maximum atomic E-state index is 5.43. The van der Waals surface area contributed by atoms with Crippen molar-refractivity contribution < 1.29 is 9.47 Å². The Hall–Kier alpha value is -1.22. The highest BCUT2D eigenvalue weighted by atomic mass is 127. The van der Waals surface area contributed by atoms with Crippen LogP contribution >= 0.6 is 24.0 Å². The molecule has 0 radical (unpaired) electrons. The first-order chi connectivity index (χ1) is 12.0. The highest BCUT2D eigenvalue weighted by Crippen LogP contribution is 2.32. The van der Waals surface area contributed by atoms with Gasteiger partial charge in [-0.05, 0) is 51.1 Å². The van der Waals surface area contributed by atoms with Gasteiger partial charge in [-0.2, -0.15) is 0 Å². The molecule has 0 aromatic heterocycles. The first kappa shape index (κ1) is 22.8. The number of benzene rings is 1. The van der Waals surface area contributed by atoms with E-state index in [9.17, 15) is 0 Å². The second kappa shape index (κ2) is 11.5. The minimum Gasteiger partial charge on any atom is -0.454 e. The van der Waals surface area contributed by atoms with Gasteiger partial charge >= 0.3 is 0 Å². The largest absolute Gasteiger partial charge is 0.454 e. The van der Waals surface area contributed by atoms with Crippen molar-refractivity contribution in [3.8, 4) is 11.5 Å². The van der Waals surface area contributed by atoms with E-state index < -0.39 is 0 Å². The summed E-state index contributed by atoms with van der Waals surface area (Å²) in [7, 11) is 4.26. The number of aliphatic imine (C=N–C) groups is 1. The fourth-order valence-electron chi connectivity index (χ4n) is 2.79. The lowest BCUT2D eigenvalue weighted by Gasteiger charge is -2.27. The van der Waals surface area contributed by atoms with Gasteiger partial charge in [0.05, 0.1) is 6.54 Å². The molecular formula is C19H33IN4O2. The van der Waals surface area contributed by atoms with Gasteiger partial charge in [0.2, 0.25) is 6.79 Å². The Morgan fingerprint density at radius 2 is 1.92 bits per heavy atom. The van der Waals surface area contributed by atoms with Gasteiger partial charge in [0.1, 0.15) is 0 Å². The minimum absolute atomic E-state index is 0. The Kier molecular flexibility index (Phi) is 10.1. The number of fused-ring (bicyclic) bond motifs is 1. The zero-order chi connectivity index (χ0) is 18.2. The highest BCUT2D eigenvalue weighted by Gasteiger charge is 2.15. The van der Waals surface area contributed by atoms with Gasteiger partial charge in [-0.25, -0.2) is 4.99 Å². The van der Waals surface area contributed by atoms with Crippen LogP contribution in [0.1, 0.15) is 32.8 Å². The third-order valence-corrected chi connectivity index (χ3v) is 4.18. The van der Waals surface area contributed by atoms with Crippen LogP contribution in [-0.2, 0) is 6.54 Å². The maximum absolute atomic E-state index is 5.43. The van der Waals surface area contributed by atoms with Gasteiger partial charge in [-0.15, -0.1) is 24.0 Å². The summed E-state index contributed by atoms with van der Waals surface area (Å²) in [6, 6.07) is 6.45. The molecule has 2 N–H and O–H groups in total. The van der Waals surface area contributed by atoms with E-state index >= 15 is 0 Å². The smallest absolute Gasteiger partial charge is 0.231 e. The average molecular weight is 476 g/mol. The first-order valence-corrected chi connectivity index (χ1v) is 9.06. The van der Waals surface area contributed by atoms with Crippen molar-refractivity contribution in [2.24, 2.45) is 10.9 Å². The molecule has 0 amide bonds. The molecule has 1 aliphatic heterocycles. The lowest BCUT2D eigenvalue weighted by molar-refractivity contribution is 0.174. The molecule has 0 bridgehead atoms. The number of rotatable bonds is 8. The van der Waals surface area contributed by atoms with Gasteiger partial charge in [-0.1, -0.05) is 19.9 Å². The van der Waals surface area contributed by atoms with Crippen molar-refractivity contribution in [3.63, 3.8) is 0 Å². The van der Waals surface area contributed by atoms with E-state index in [1.165, 1.54) is 0 Å². The van der Waals surface area contributed by atoms with Crippen molar-refractivity contribution in [2.75, 3.05) is 34.0 Å². The Bertz CT molecular complexity index is 579. The first-order valence-electron chi connectivity index (χ1n) is 9.06. The van der Waals surface area contributed by atoms with Gasteiger partial charge in [0.25, 0.3) is 0 Å². The van der Waals surface area contributed by atoms with Gasteiger partial charge in [0, 0.05) is 19.1 Å². The third kappa shape index (κ3) is 7.19. The number of nitrogens with zero attached hydrogens (tertiary/aromatic N) is 2. The molecular weight excluding hydrogens is 443 g/mol. The van der Waals surface area contributed by atoms with Crippen molar-refractivity contribution in [2.45, 2.75) is 39.8 Å². The standard InChI is InChI=1S/C19H32N4O2.HI/c1-6-20-19(22-12-16(23(4)5)9-14(2)3)21-11-15-7-8-17-18(10-15)25-13-24-17;/h7-8,10,14,16H,6,9,11-13H2,1-5H3,(H2,20,21,22);1H. The van der Waals surface area contributed by atoms with Crippen molar-refractivity contribution in [1.82, 2.24) is 15.5 Å². The molecule has 26 heavy (non-hydrogen) atoms. The summed E-state index contributed by atoms with van der Waals surface area (Å²) in [5, 5.41) is 6.79. The van der Waals surface area contributed by atoms with Crippen LogP contribution in [0.25, 0.3) is 0 Å². The molecule has 0 fully saturated rings. The Morgan fingerprint density at radius 3 is 2.58 bits per heavy atom. The van der Waals surface area contributed by atoms with Crippen LogP contribution in [0.4, 0.5) is 0 Å². The van der Waals surface area contributed by atoms with Crippen LogP contribution < -0.4 is 20.1 Å². The molecule has 2 rings (SSSR count). The predicted molar refractivity (Wildman–Crippen MR) is 118 cm³/mol. The maximum Gasteiger partial charge on any atom is 0.231 e. The molecule has 1 aromatic rings. The van der Waals surface area contributed by atoms with Crippen LogP contribution in [0.3, 0.4) is 0 Å². The van der Waals surface area contributed by atoms with Crippen molar-refractivity contribution in [1.29, 1.82) is 0 Å². The fourth-order valence-corrected chi connectivity index (χ4v) is 2.79. The summed E-state index contributed by atoms with van der Waals surface area (Å²) in [5.74, 6) is 3.12. The molecule has 7 heteroatoms. The molecule has 0 saturated heterocycles. The van der Waals surface area contributed by atoms with Crippen molar-refractivity contribution in [3.05, 3.63) is 23.8 Å². The molecule has 1 heterocycles. The van der Waals surface area contributed by atoms with Gasteiger partial charge in [-0.3, -0.25) is 0 Å². The zero-order valence-electron chi connectivity index (χ0n) is 16.5. The monoisotopic (exact) mass is 476 g/mol. The van der Waals surface area contributed by atoms with E-state index in [1.807, 2.05) is 18.2 Å². The molecule has 148 valence electrons. The Labute approximate surface area is 174 Å². The lowest BCUT2D eigenvalue weighted by atomic mass is 10.0. The minimum atomic E-state index is 0. The fraction of sp³-hybridized carbons (Fsp3) is 0.632. The molecule has 0 saturated carbocycles. The van der Waals surface area contributed by atoms with Gasteiger partial charge in [0.15, 0.2) is 17.5 Å². The summed E-state index contributed by atoms with van der Waals surface area (Å²) in [6.07, 6.45) is 1.15. The number of nitrogens with one attached hydrogen (secondary N) is 2. The third-order valence-electron chi connectivity index (χ3n) is 4.18. The quantitative estimate of drug-likeness (QED) is 0.343. The van der Waals surface area contributed by atoms with Crippen LogP contribution in [0.15, 0.2) is 23.2 Å². The van der Waals surface area contributed by atoms with E-state index in [-0.39, 0.29) is 24.0 Å². The summed E-state index contributed by atoms with van der Waals surface area (Å²) in [6.45, 7) is 9.21. The SMILES string of the molecule is CCNC(=NCc1ccc2c(c1)OCO2)NCC(CC(C)C)N(C)C.I.